The summed E-state index contributed by atoms with van der Waals surface area (Å²) < 4.78 is 23.4. The summed E-state index contributed by atoms with van der Waals surface area (Å²) in [5, 5.41) is 3.50. The van der Waals surface area contributed by atoms with Crippen LogP contribution in [0.25, 0.3) is 0 Å². The van der Waals surface area contributed by atoms with Crippen LogP contribution in [0.3, 0.4) is 0 Å². The van der Waals surface area contributed by atoms with E-state index in [9.17, 15) is 13.2 Å². The first-order chi connectivity index (χ1) is 9.31. The molecule has 0 radical (unpaired) electrons. The lowest BCUT2D eigenvalue weighted by Crippen LogP contribution is -2.45. The smallest absolute Gasteiger partial charge is 0.244 e. The van der Waals surface area contributed by atoms with Gasteiger partial charge in [-0.05, 0) is 18.8 Å². The van der Waals surface area contributed by atoms with E-state index in [1.165, 1.54) is 0 Å². The summed E-state index contributed by atoms with van der Waals surface area (Å²) >= 11 is 0. The molecule has 1 saturated carbocycles. The number of hydrogen-bond donors (Lipinski definition) is 1. The fourth-order valence-electron chi connectivity index (χ4n) is 3.31. The molecule has 2 fully saturated rings. The Balaban J connectivity index is 2.14. The number of carbonyl (C=O) groups is 1. The van der Waals surface area contributed by atoms with Crippen molar-refractivity contribution in [2.45, 2.75) is 58.2 Å². The van der Waals surface area contributed by atoms with Gasteiger partial charge >= 0.3 is 0 Å². The molecule has 1 heterocycles. The molecule has 1 spiro atoms. The summed E-state index contributed by atoms with van der Waals surface area (Å²) in [6.07, 6.45) is 3.88. The highest BCUT2D eigenvalue weighted by Gasteiger charge is 2.52. The van der Waals surface area contributed by atoms with Gasteiger partial charge in [0.1, 0.15) is 0 Å². The van der Waals surface area contributed by atoms with Crippen molar-refractivity contribution in [3.05, 3.63) is 0 Å². The predicted molar refractivity (Wildman–Crippen MR) is 79.0 cm³/mol. The molecule has 0 aromatic heterocycles. The Labute approximate surface area is 122 Å². The van der Waals surface area contributed by atoms with Gasteiger partial charge in [0.15, 0.2) is 9.84 Å². The number of hydrogen-bond acceptors (Lipinski definition) is 4. The van der Waals surface area contributed by atoms with Gasteiger partial charge < -0.3 is 4.90 Å². The fourth-order valence-corrected chi connectivity index (χ4v) is 4.07. The second-order valence-electron chi connectivity index (χ2n) is 6.36. The summed E-state index contributed by atoms with van der Waals surface area (Å²) in [6, 6.07) is 0. The highest BCUT2D eigenvalue weighted by Crippen LogP contribution is 2.37. The molecule has 1 unspecified atom stereocenters. The topological polar surface area (TPSA) is 66.5 Å². The van der Waals surface area contributed by atoms with Gasteiger partial charge in [-0.2, -0.15) is 0 Å². The van der Waals surface area contributed by atoms with Crippen molar-refractivity contribution in [2.24, 2.45) is 5.92 Å². The van der Waals surface area contributed by atoms with E-state index in [1.807, 2.05) is 0 Å². The SMILES string of the molecule is CCS(=O)(=O)CCN1C(=O)C2(CCCC2)NC1C(C)C. The van der Waals surface area contributed by atoms with Gasteiger partial charge in [0.2, 0.25) is 5.91 Å². The first kappa shape index (κ1) is 15.8. The third-order valence-corrected chi connectivity index (χ3v) is 6.29. The first-order valence-electron chi connectivity index (χ1n) is 7.60. The lowest BCUT2D eigenvalue weighted by molar-refractivity contribution is -0.133. The summed E-state index contributed by atoms with van der Waals surface area (Å²) in [5.74, 6) is 0.596. The molecule has 2 rings (SSSR count). The van der Waals surface area contributed by atoms with E-state index < -0.39 is 15.4 Å². The van der Waals surface area contributed by atoms with Crippen molar-refractivity contribution in [1.29, 1.82) is 0 Å². The van der Waals surface area contributed by atoms with Crippen LogP contribution in [0, 0.1) is 5.92 Å². The lowest BCUT2D eigenvalue weighted by Gasteiger charge is -2.27. The average molecular weight is 302 g/mol. The van der Waals surface area contributed by atoms with Crippen LogP contribution in [0.4, 0.5) is 0 Å². The van der Waals surface area contributed by atoms with Gasteiger partial charge in [0.25, 0.3) is 0 Å². The van der Waals surface area contributed by atoms with Crippen molar-refractivity contribution in [3.8, 4) is 0 Å². The minimum Gasteiger partial charge on any atom is -0.324 e. The van der Waals surface area contributed by atoms with Gasteiger partial charge in [0.05, 0.1) is 17.5 Å². The molecule has 1 amide bonds. The van der Waals surface area contributed by atoms with Crippen LogP contribution in [-0.4, -0.2) is 49.0 Å². The van der Waals surface area contributed by atoms with E-state index in [2.05, 4.69) is 19.2 Å². The molecule has 1 aliphatic carbocycles. The van der Waals surface area contributed by atoms with Crippen molar-refractivity contribution in [1.82, 2.24) is 10.2 Å². The number of nitrogens with one attached hydrogen (secondary N) is 1. The molecule has 0 bridgehead atoms. The summed E-state index contributed by atoms with van der Waals surface area (Å²) in [5.41, 5.74) is -0.412. The van der Waals surface area contributed by atoms with Crippen LogP contribution in [0.5, 0.6) is 0 Å². The molecule has 2 aliphatic rings. The van der Waals surface area contributed by atoms with E-state index in [0.717, 1.165) is 25.7 Å². The quantitative estimate of drug-likeness (QED) is 0.827. The van der Waals surface area contributed by atoms with Crippen molar-refractivity contribution < 1.29 is 13.2 Å². The molecule has 1 aliphatic heterocycles. The van der Waals surface area contributed by atoms with Gasteiger partial charge in [-0.3, -0.25) is 10.1 Å². The third kappa shape index (κ3) is 2.86. The zero-order valence-corrected chi connectivity index (χ0v) is 13.5. The van der Waals surface area contributed by atoms with Crippen molar-refractivity contribution in [3.63, 3.8) is 0 Å². The molecule has 116 valence electrons. The molecule has 20 heavy (non-hydrogen) atoms. The van der Waals surface area contributed by atoms with Crippen LogP contribution in [0.2, 0.25) is 0 Å². The summed E-state index contributed by atoms with van der Waals surface area (Å²) in [6.45, 7) is 6.10. The zero-order chi connectivity index (χ0) is 15.0. The minimum atomic E-state index is -3.04. The molecular formula is C14H26N2O3S. The highest BCUT2D eigenvalue weighted by molar-refractivity contribution is 7.91. The Bertz CT molecular complexity index is 467. The monoisotopic (exact) mass is 302 g/mol. The van der Waals surface area contributed by atoms with Gasteiger partial charge in [-0.1, -0.05) is 33.6 Å². The molecule has 6 heteroatoms. The zero-order valence-electron chi connectivity index (χ0n) is 12.7. The lowest BCUT2D eigenvalue weighted by atomic mass is 9.98. The molecule has 1 atom stereocenters. The van der Waals surface area contributed by atoms with Crippen molar-refractivity contribution >= 4 is 15.7 Å². The number of rotatable bonds is 5. The summed E-state index contributed by atoms with van der Waals surface area (Å²) in [7, 11) is -3.04. The van der Waals surface area contributed by atoms with Crippen LogP contribution < -0.4 is 5.32 Å². The third-order valence-electron chi connectivity index (χ3n) is 4.60. The van der Waals surface area contributed by atoms with Crippen LogP contribution in [0.15, 0.2) is 0 Å². The van der Waals surface area contributed by atoms with Crippen molar-refractivity contribution in [2.75, 3.05) is 18.1 Å². The number of sulfone groups is 1. The van der Waals surface area contributed by atoms with Gasteiger partial charge in [-0.25, -0.2) is 8.42 Å². The van der Waals surface area contributed by atoms with Crippen LogP contribution in [-0.2, 0) is 14.6 Å². The van der Waals surface area contributed by atoms with E-state index >= 15 is 0 Å². The Morgan fingerprint density at radius 2 is 1.95 bits per heavy atom. The first-order valence-corrected chi connectivity index (χ1v) is 9.43. The maximum atomic E-state index is 12.7. The Kier molecular flexibility index (Phi) is 4.44. The molecular weight excluding hydrogens is 276 g/mol. The normalized spacial score (nSPS) is 26.1. The molecule has 0 aromatic rings. The molecule has 1 N–H and O–H groups in total. The molecule has 0 aromatic carbocycles. The van der Waals surface area contributed by atoms with Gasteiger partial charge in [-0.15, -0.1) is 0 Å². The number of nitrogens with zero attached hydrogens (tertiary/aromatic N) is 1. The van der Waals surface area contributed by atoms with Gasteiger partial charge in [0, 0.05) is 12.3 Å². The summed E-state index contributed by atoms with van der Waals surface area (Å²) in [4.78, 5) is 14.5. The predicted octanol–water partition coefficient (Wildman–Crippen LogP) is 1.15. The number of amides is 1. The van der Waals surface area contributed by atoms with Crippen LogP contribution in [0.1, 0.15) is 46.5 Å². The van der Waals surface area contributed by atoms with E-state index in [1.54, 1.807) is 11.8 Å². The minimum absolute atomic E-state index is 0.0346. The standard InChI is InChI=1S/C14H26N2O3S/c1-4-20(18,19)10-9-16-12(11(2)3)15-14(13(16)17)7-5-6-8-14/h11-12,15H,4-10H2,1-3H3. The second-order valence-corrected chi connectivity index (χ2v) is 8.83. The fraction of sp³-hybridized carbons (Fsp3) is 0.929. The molecule has 1 saturated heterocycles. The van der Waals surface area contributed by atoms with Crippen LogP contribution >= 0.6 is 0 Å². The highest BCUT2D eigenvalue weighted by atomic mass is 32.2. The Morgan fingerprint density at radius 3 is 2.45 bits per heavy atom. The maximum absolute atomic E-state index is 12.7. The Morgan fingerprint density at radius 1 is 1.35 bits per heavy atom. The van der Waals surface area contributed by atoms with E-state index in [4.69, 9.17) is 0 Å². The average Bonchev–Trinajstić information content (AvgIpc) is 2.96. The van der Waals surface area contributed by atoms with E-state index in [0.29, 0.717) is 6.54 Å². The number of carbonyl (C=O) groups excluding carboxylic acids is 1. The molecule has 5 nitrogen and oxygen atoms in total. The largest absolute Gasteiger partial charge is 0.324 e. The van der Waals surface area contributed by atoms with E-state index in [-0.39, 0.29) is 29.5 Å². The maximum Gasteiger partial charge on any atom is 0.244 e. The second kappa shape index (κ2) is 5.64. The Hall–Kier alpha value is -0.620.